The van der Waals surface area contributed by atoms with Crippen LogP contribution in [0.25, 0.3) is 0 Å². The average molecular weight is 476 g/mol. The first kappa shape index (κ1) is 21.1. The molecule has 0 spiro atoms. The minimum absolute atomic E-state index is 0.0142. The largest absolute Gasteiger partial charge is 0.416 e. The van der Waals surface area contributed by atoms with E-state index in [0.717, 1.165) is 23.4 Å². The van der Waals surface area contributed by atoms with Crippen LogP contribution in [0, 0.1) is 0 Å². The molecule has 0 aromatic heterocycles. The molecule has 1 fully saturated rings. The van der Waals surface area contributed by atoms with Crippen LogP contribution in [-0.2, 0) is 12.7 Å². The number of nitrogens with zero attached hydrogens (tertiary/aromatic N) is 1. The summed E-state index contributed by atoms with van der Waals surface area (Å²) >= 11 is 9.43. The van der Waals surface area contributed by atoms with Gasteiger partial charge in [-0.05, 0) is 42.7 Å². The minimum Gasteiger partial charge on any atom is -0.349 e. The third kappa shape index (κ3) is 5.49. The Balaban J connectivity index is 1.53. The van der Waals surface area contributed by atoms with E-state index in [0.29, 0.717) is 35.8 Å². The molecule has 1 N–H and O–H groups in total. The number of hydrogen-bond acceptors (Lipinski definition) is 2. The molecule has 2 aromatic rings. The zero-order valence-electron chi connectivity index (χ0n) is 14.9. The topological polar surface area (TPSA) is 32.3 Å². The molecule has 3 nitrogen and oxygen atoms in total. The molecule has 1 aliphatic heterocycles. The monoisotopic (exact) mass is 474 g/mol. The SMILES string of the molecule is O=C(NC1CCN(Cc2cccc(C(F)(F)F)c2)CC1)c1cc(Br)ccc1Cl. The normalized spacial score (nSPS) is 16.2. The molecule has 1 saturated heterocycles. The van der Waals surface area contributed by atoms with Gasteiger partial charge in [-0.25, -0.2) is 0 Å². The van der Waals surface area contributed by atoms with Crippen LogP contribution in [0.2, 0.25) is 5.02 Å². The van der Waals surface area contributed by atoms with Crippen LogP contribution in [0.5, 0.6) is 0 Å². The molecule has 0 bridgehead atoms. The van der Waals surface area contributed by atoms with Gasteiger partial charge in [0, 0.05) is 30.1 Å². The van der Waals surface area contributed by atoms with Crippen LogP contribution < -0.4 is 5.32 Å². The highest BCUT2D eigenvalue weighted by molar-refractivity contribution is 9.10. The fraction of sp³-hybridized carbons (Fsp3) is 0.350. The molecule has 150 valence electrons. The van der Waals surface area contributed by atoms with Crippen molar-refractivity contribution in [2.75, 3.05) is 13.1 Å². The van der Waals surface area contributed by atoms with Gasteiger partial charge < -0.3 is 5.32 Å². The summed E-state index contributed by atoms with van der Waals surface area (Å²) < 4.78 is 39.3. The van der Waals surface area contributed by atoms with Crippen LogP contribution in [0.4, 0.5) is 13.2 Å². The maximum Gasteiger partial charge on any atom is 0.416 e. The molecule has 1 amide bonds. The second-order valence-electron chi connectivity index (χ2n) is 6.85. The molecular formula is C20H19BrClF3N2O. The van der Waals surface area contributed by atoms with Gasteiger partial charge in [-0.15, -0.1) is 0 Å². The Morgan fingerprint density at radius 2 is 1.89 bits per heavy atom. The molecule has 0 atom stereocenters. The summed E-state index contributed by atoms with van der Waals surface area (Å²) in [5.41, 5.74) is 0.429. The molecule has 0 radical (unpaired) electrons. The molecule has 8 heteroatoms. The fourth-order valence-electron chi connectivity index (χ4n) is 3.27. The Morgan fingerprint density at radius 1 is 1.18 bits per heavy atom. The average Bonchev–Trinajstić information content (AvgIpc) is 2.65. The maximum absolute atomic E-state index is 12.8. The molecule has 1 aliphatic rings. The Kier molecular flexibility index (Phi) is 6.68. The first-order valence-corrected chi connectivity index (χ1v) is 10.0. The number of benzene rings is 2. The van der Waals surface area contributed by atoms with Gasteiger partial charge in [0.05, 0.1) is 16.1 Å². The van der Waals surface area contributed by atoms with Gasteiger partial charge in [0.15, 0.2) is 0 Å². The Morgan fingerprint density at radius 3 is 2.57 bits per heavy atom. The number of rotatable bonds is 4. The lowest BCUT2D eigenvalue weighted by Crippen LogP contribution is -2.44. The number of amides is 1. The van der Waals surface area contributed by atoms with Gasteiger partial charge in [0.1, 0.15) is 0 Å². The molecule has 3 rings (SSSR count). The lowest BCUT2D eigenvalue weighted by molar-refractivity contribution is -0.137. The van der Waals surface area contributed by atoms with Gasteiger partial charge in [0.2, 0.25) is 0 Å². The molecule has 0 saturated carbocycles. The third-order valence-corrected chi connectivity index (χ3v) is 5.58. The summed E-state index contributed by atoms with van der Waals surface area (Å²) in [6.07, 6.45) is -2.87. The van der Waals surface area contributed by atoms with E-state index >= 15 is 0 Å². The Hall–Kier alpha value is -1.57. The van der Waals surface area contributed by atoms with E-state index in [-0.39, 0.29) is 11.9 Å². The third-order valence-electron chi connectivity index (χ3n) is 4.76. The molecular weight excluding hydrogens is 457 g/mol. The van der Waals surface area contributed by atoms with Crippen molar-refractivity contribution in [3.63, 3.8) is 0 Å². The van der Waals surface area contributed by atoms with Crippen LogP contribution in [0.3, 0.4) is 0 Å². The van der Waals surface area contributed by atoms with Crippen LogP contribution in [-0.4, -0.2) is 29.9 Å². The predicted octanol–water partition coefficient (Wildman–Crippen LogP) is 5.52. The van der Waals surface area contributed by atoms with Crippen molar-refractivity contribution in [1.29, 1.82) is 0 Å². The van der Waals surface area contributed by atoms with Gasteiger partial charge >= 0.3 is 6.18 Å². The fourth-order valence-corrected chi connectivity index (χ4v) is 3.84. The zero-order chi connectivity index (χ0) is 20.3. The molecule has 2 aromatic carbocycles. The van der Waals surface area contributed by atoms with E-state index in [1.54, 1.807) is 24.3 Å². The second-order valence-corrected chi connectivity index (χ2v) is 8.17. The number of carbonyl (C=O) groups is 1. The summed E-state index contributed by atoms with van der Waals surface area (Å²) in [6, 6.07) is 10.6. The van der Waals surface area contributed by atoms with Gasteiger partial charge in [-0.2, -0.15) is 13.2 Å². The van der Waals surface area contributed by atoms with Crippen LogP contribution in [0.1, 0.15) is 34.3 Å². The van der Waals surface area contributed by atoms with Gasteiger partial charge in [-0.3, -0.25) is 9.69 Å². The maximum atomic E-state index is 12.8. The van der Waals surface area contributed by atoms with Gasteiger partial charge in [0.25, 0.3) is 5.91 Å². The van der Waals surface area contributed by atoms with E-state index in [2.05, 4.69) is 26.1 Å². The number of piperidine rings is 1. The summed E-state index contributed by atoms with van der Waals surface area (Å²) in [6.45, 7) is 1.86. The molecule has 28 heavy (non-hydrogen) atoms. The summed E-state index contributed by atoms with van der Waals surface area (Å²) in [5, 5.41) is 3.39. The lowest BCUT2D eigenvalue weighted by Gasteiger charge is -2.32. The molecule has 0 aliphatic carbocycles. The highest BCUT2D eigenvalue weighted by atomic mass is 79.9. The highest BCUT2D eigenvalue weighted by Crippen LogP contribution is 2.30. The van der Waals surface area contributed by atoms with Crippen molar-refractivity contribution in [2.24, 2.45) is 0 Å². The number of carbonyl (C=O) groups excluding carboxylic acids is 1. The number of nitrogens with one attached hydrogen (secondary N) is 1. The van der Waals surface area contributed by atoms with Crippen molar-refractivity contribution in [1.82, 2.24) is 10.2 Å². The number of likely N-dealkylation sites (tertiary alicyclic amines) is 1. The first-order chi connectivity index (χ1) is 13.2. The zero-order valence-corrected chi connectivity index (χ0v) is 17.2. The van der Waals surface area contributed by atoms with Crippen LogP contribution >= 0.6 is 27.5 Å². The molecule has 1 heterocycles. The summed E-state index contributed by atoms with van der Waals surface area (Å²) in [4.78, 5) is 14.6. The summed E-state index contributed by atoms with van der Waals surface area (Å²) in [7, 11) is 0. The van der Waals surface area contributed by atoms with Crippen molar-refractivity contribution >= 4 is 33.4 Å². The van der Waals surface area contributed by atoms with E-state index in [1.165, 1.54) is 12.1 Å². The van der Waals surface area contributed by atoms with E-state index in [9.17, 15) is 18.0 Å². The van der Waals surface area contributed by atoms with Crippen molar-refractivity contribution in [3.05, 3.63) is 68.7 Å². The van der Waals surface area contributed by atoms with Crippen molar-refractivity contribution in [3.8, 4) is 0 Å². The number of hydrogen-bond donors (Lipinski definition) is 1. The standard InChI is InChI=1S/C20H19BrClF3N2O/c21-15-4-5-18(22)17(11-15)19(28)26-16-6-8-27(9-7-16)12-13-2-1-3-14(10-13)20(23,24)25/h1-5,10-11,16H,6-9,12H2,(H,26,28). The first-order valence-electron chi connectivity index (χ1n) is 8.87. The Bertz CT molecular complexity index is 852. The van der Waals surface area contributed by atoms with Crippen molar-refractivity contribution < 1.29 is 18.0 Å². The second kappa shape index (κ2) is 8.84. The number of halogens is 5. The predicted molar refractivity (Wildman–Crippen MR) is 106 cm³/mol. The van der Waals surface area contributed by atoms with Crippen molar-refractivity contribution in [2.45, 2.75) is 31.6 Å². The van der Waals surface area contributed by atoms with E-state index < -0.39 is 11.7 Å². The quantitative estimate of drug-likeness (QED) is 0.632. The van der Waals surface area contributed by atoms with Crippen LogP contribution in [0.15, 0.2) is 46.9 Å². The minimum atomic E-state index is -4.33. The highest BCUT2D eigenvalue weighted by Gasteiger charge is 2.30. The summed E-state index contributed by atoms with van der Waals surface area (Å²) in [5.74, 6) is -0.220. The molecule has 0 unspecified atom stereocenters. The lowest BCUT2D eigenvalue weighted by atomic mass is 10.0. The van der Waals surface area contributed by atoms with E-state index in [4.69, 9.17) is 11.6 Å². The van der Waals surface area contributed by atoms with E-state index in [1.807, 2.05) is 0 Å². The number of alkyl halides is 3. The smallest absolute Gasteiger partial charge is 0.349 e. The van der Waals surface area contributed by atoms with Gasteiger partial charge in [-0.1, -0.05) is 45.7 Å². The Labute approximate surface area is 175 Å².